The zero-order valence-electron chi connectivity index (χ0n) is 5.08. The Balaban J connectivity index is -0.000000000238. The van der Waals surface area contributed by atoms with Crippen LogP contribution in [0.15, 0.2) is 0 Å². The van der Waals surface area contributed by atoms with Gasteiger partial charge in [-0.1, -0.05) is 0 Å². The summed E-state index contributed by atoms with van der Waals surface area (Å²) in [7, 11) is 4.51. The standard InChI is InChI=1S/3ClH.Cr.5H3N/h3*1H;;5*1H3/q;;;+3;;;;;/p-3. The Morgan fingerprint density at radius 1 is 0.556 bits per heavy atom. The molecule has 0 saturated heterocycles. The van der Waals surface area contributed by atoms with E-state index in [9.17, 15) is 0 Å². The van der Waals surface area contributed by atoms with Gasteiger partial charge in [0.2, 0.25) is 0 Å². The normalized spacial score (nSPS) is 0.444. The van der Waals surface area contributed by atoms with Crippen LogP contribution in [0.1, 0.15) is 0 Å². The molecule has 67 valence electrons. The predicted molar refractivity (Wildman–Crippen MR) is 31.0 cm³/mol. The zero-order valence-corrected chi connectivity index (χ0v) is 8.62. The van der Waals surface area contributed by atoms with Crippen LogP contribution in [0, 0.1) is 0 Å². The summed E-state index contributed by atoms with van der Waals surface area (Å²) in [5.41, 5.74) is 0. The van der Waals surface area contributed by atoms with Crippen LogP contribution >= 0.6 is 10.0 Å². The molecule has 0 aromatic heterocycles. The molecule has 9 heteroatoms. The van der Waals surface area contributed by atoms with Crippen LogP contribution in [0.4, 0.5) is 0 Å². The molecule has 15 N–H and O–H groups in total. The molecular formula is H15Cl3CrN5. The monoisotopic (exact) mass is 242 g/mol. The summed E-state index contributed by atoms with van der Waals surface area (Å²) in [5, 5.41) is 0. The van der Waals surface area contributed by atoms with Crippen LogP contribution in [0.25, 0.3) is 0 Å². The van der Waals surface area contributed by atoms with Gasteiger partial charge in [-0.2, -0.15) is 0 Å². The van der Waals surface area contributed by atoms with Gasteiger partial charge in [-0.25, -0.2) is 0 Å². The van der Waals surface area contributed by atoms with Crippen molar-refractivity contribution in [1.29, 1.82) is 0 Å². The first-order chi connectivity index (χ1) is 1.00. The second kappa shape index (κ2) is 428. The molecule has 0 aromatic carbocycles. The molecule has 0 aliphatic carbocycles. The van der Waals surface area contributed by atoms with Gasteiger partial charge in [0.1, 0.15) is 0 Å². The third kappa shape index (κ3) is 330. The number of halogens is 3. The first kappa shape index (κ1) is 178. The van der Waals surface area contributed by atoms with E-state index in [1.165, 1.54) is 0 Å². The molecule has 0 bridgehead atoms. The second-order valence-electron chi connectivity index (χ2n) is 0. The van der Waals surface area contributed by atoms with E-state index in [0.29, 0.717) is 0 Å². The van der Waals surface area contributed by atoms with E-state index in [0.717, 1.165) is 0 Å². The number of hydrogen-bond acceptors (Lipinski definition) is 5. The fourth-order valence-electron chi connectivity index (χ4n) is 0. The Hall–Kier alpha value is 1.20. The summed E-state index contributed by atoms with van der Waals surface area (Å²) in [6.07, 6.45) is 0. The molecule has 0 aliphatic rings. The predicted octanol–water partition coefficient (Wildman–Crippen LogP) is -4.50. The van der Waals surface area contributed by atoms with Crippen molar-refractivity contribution in [2.75, 3.05) is 0 Å². The summed E-state index contributed by atoms with van der Waals surface area (Å²) >= 11 is 2.10. The van der Waals surface area contributed by atoms with Gasteiger partial charge >= 0.3 is 25.4 Å². The van der Waals surface area contributed by atoms with Crippen molar-refractivity contribution in [1.82, 2.24) is 30.8 Å². The minimum absolute atomic E-state index is 0. The van der Waals surface area contributed by atoms with Gasteiger partial charge in [-0.05, 0) is 0 Å². The molecule has 0 heterocycles. The molecule has 0 rings (SSSR count). The summed E-state index contributed by atoms with van der Waals surface area (Å²) in [6, 6.07) is 0. The average Bonchev–Trinajstić information content (AvgIpc) is 1.00. The van der Waals surface area contributed by atoms with Gasteiger partial charge in [0.15, 0.2) is 0 Å². The van der Waals surface area contributed by atoms with E-state index < -0.39 is 0 Å². The molecular weight excluding hydrogens is 228 g/mol. The van der Waals surface area contributed by atoms with Crippen LogP contribution in [0.2, 0.25) is 0 Å². The summed E-state index contributed by atoms with van der Waals surface area (Å²) in [4.78, 5) is 0. The van der Waals surface area contributed by atoms with Gasteiger partial charge in [-0.15, -0.1) is 0 Å². The van der Waals surface area contributed by atoms with Crippen molar-refractivity contribution in [3.05, 3.63) is 0 Å². The fourth-order valence-corrected chi connectivity index (χ4v) is 0. The van der Waals surface area contributed by atoms with Gasteiger partial charge < -0.3 is 55.6 Å². The summed E-state index contributed by atoms with van der Waals surface area (Å²) < 4.78 is 0. The maximum atomic E-state index is 4.51. The Morgan fingerprint density at radius 3 is 0.556 bits per heavy atom. The van der Waals surface area contributed by atoms with E-state index >= 15 is 0 Å². The molecule has 0 aliphatic heterocycles. The molecule has 0 spiro atoms. The SMILES string of the molecule is N.N.N.N.N.[Cl-].[Cl-].[Cl][Cr+2]. The van der Waals surface area contributed by atoms with Gasteiger partial charge in [0.25, 0.3) is 0 Å². The first-order valence-electron chi connectivity index (χ1n) is 0.154. The van der Waals surface area contributed by atoms with Crippen LogP contribution in [0.5, 0.6) is 0 Å². The van der Waals surface area contributed by atoms with E-state index in [1.54, 1.807) is 0 Å². The molecule has 0 unspecified atom stereocenters. The van der Waals surface area contributed by atoms with Crippen molar-refractivity contribution in [3.8, 4) is 0 Å². The summed E-state index contributed by atoms with van der Waals surface area (Å²) in [6.45, 7) is 0. The average molecular weight is 244 g/mol. The fraction of sp³-hybridized carbons (Fsp3) is 0. The van der Waals surface area contributed by atoms with Crippen molar-refractivity contribution in [2.45, 2.75) is 0 Å². The second-order valence-corrected chi connectivity index (χ2v) is 0. The molecule has 0 radical (unpaired) electrons. The topological polar surface area (TPSA) is 175 Å². The number of rotatable bonds is 0. The Kier molecular flexibility index (Phi) is 8470. The minimum atomic E-state index is 0. The van der Waals surface area contributed by atoms with Gasteiger partial charge in [-0.3, -0.25) is 0 Å². The van der Waals surface area contributed by atoms with Gasteiger partial charge in [0.05, 0.1) is 0 Å². The van der Waals surface area contributed by atoms with Crippen LogP contribution in [-0.4, -0.2) is 0 Å². The van der Waals surface area contributed by atoms with Crippen molar-refractivity contribution in [2.24, 2.45) is 0 Å². The quantitative estimate of drug-likeness (QED) is 0.288. The maximum absolute atomic E-state index is 4.51. The van der Waals surface area contributed by atoms with Crippen molar-refractivity contribution in [3.63, 3.8) is 0 Å². The first-order valence-corrected chi connectivity index (χ1v) is 1.91. The van der Waals surface area contributed by atoms with Crippen molar-refractivity contribution >= 4 is 10.0 Å². The van der Waals surface area contributed by atoms with E-state index in [2.05, 4.69) is 25.4 Å². The Morgan fingerprint density at radius 2 is 0.556 bits per heavy atom. The molecule has 5 nitrogen and oxygen atoms in total. The molecule has 0 atom stereocenters. The van der Waals surface area contributed by atoms with E-state index in [1.807, 2.05) is 0 Å². The van der Waals surface area contributed by atoms with Crippen molar-refractivity contribution < 1.29 is 40.2 Å². The molecule has 0 aromatic rings. The Labute approximate surface area is 81.0 Å². The van der Waals surface area contributed by atoms with Gasteiger partial charge in [0, 0.05) is 0 Å². The van der Waals surface area contributed by atoms with E-state index in [-0.39, 0.29) is 55.6 Å². The van der Waals surface area contributed by atoms with Crippen LogP contribution in [-0.2, 0) is 15.4 Å². The third-order valence-corrected chi connectivity index (χ3v) is 0. The Bertz CT molecular complexity index is 12.2. The summed E-state index contributed by atoms with van der Waals surface area (Å²) in [5.74, 6) is 0. The third-order valence-electron chi connectivity index (χ3n) is 0. The molecule has 0 saturated carbocycles. The molecule has 0 fully saturated rings. The molecule has 0 amide bonds. The molecule has 9 heavy (non-hydrogen) atoms. The zero-order chi connectivity index (χ0) is 2.00. The van der Waals surface area contributed by atoms with Crippen LogP contribution < -0.4 is 55.6 Å². The number of hydrogen-bond donors (Lipinski definition) is 5. The van der Waals surface area contributed by atoms with Crippen LogP contribution in [0.3, 0.4) is 0 Å². The van der Waals surface area contributed by atoms with E-state index in [4.69, 9.17) is 0 Å².